The number of carbonyl (C=O) groups is 2. The van der Waals surface area contributed by atoms with Gasteiger partial charge in [-0.05, 0) is 69.1 Å². The lowest BCUT2D eigenvalue weighted by Crippen LogP contribution is -2.61. The number of aliphatic hydroxyl groups is 1. The lowest BCUT2D eigenvalue weighted by molar-refractivity contribution is -0.173. The summed E-state index contributed by atoms with van der Waals surface area (Å²) in [5, 5.41) is 14.1. The third-order valence-electron chi connectivity index (χ3n) is 7.27. The van der Waals surface area contributed by atoms with Crippen molar-refractivity contribution in [2.75, 3.05) is 0 Å². The predicted octanol–water partition coefficient (Wildman–Crippen LogP) is 3.88. The molecule has 4 saturated carbocycles. The van der Waals surface area contributed by atoms with Crippen LogP contribution in [0.5, 0.6) is 0 Å². The van der Waals surface area contributed by atoms with Gasteiger partial charge < -0.3 is 10.4 Å². The minimum atomic E-state index is -0.495. The van der Waals surface area contributed by atoms with E-state index < -0.39 is 5.60 Å². The molecule has 0 radical (unpaired) electrons. The van der Waals surface area contributed by atoms with Crippen LogP contribution in [0.2, 0.25) is 0 Å². The first kappa shape index (κ1) is 18.7. The van der Waals surface area contributed by atoms with Crippen molar-refractivity contribution < 1.29 is 14.7 Å². The molecule has 4 aliphatic carbocycles. The lowest BCUT2D eigenvalue weighted by atomic mass is 9.46. The first-order valence-corrected chi connectivity index (χ1v) is 10.5. The zero-order valence-corrected chi connectivity index (χ0v) is 16.2. The summed E-state index contributed by atoms with van der Waals surface area (Å²) in [5.74, 6) is 1.38. The maximum atomic E-state index is 12.5. The molecular weight excluding hydrogens is 338 g/mol. The summed E-state index contributed by atoms with van der Waals surface area (Å²) in [4.78, 5) is 24.6. The van der Waals surface area contributed by atoms with Crippen LogP contribution >= 0.6 is 0 Å². The fraction of sp³-hybridized carbons (Fsp3) is 0.652. The highest BCUT2D eigenvalue weighted by atomic mass is 16.3. The summed E-state index contributed by atoms with van der Waals surface area (Å²) in [6.45, 7) is 2.11. The normalized spacial score (nSPS) is 35.0. The number of carbonyl (C=O) groups excluding carboxylic acids is 2. The Morgan fingerprint density at radius 1 is 1.11 bits per heavy atom. The van der Waals surface area contributed by atoms with Gasteiger partial charge in [0, 0.05) is 24.4 Å². The van der Waals surface area contributed by atoms with E-state index in [2.05, 4.69) is 12.2 Å². The number of benzene rings is 1. The van der Waals surface area contributed by atoms with Crippen LogP contribution in [-0.2, 0) is 4.79 Å². The summed E-state index contributed by atoms with van der Waals surface area (Å²) in [5.41, 5.74) is 0.285. The highest BCUT2D eigenvalue weighted by Crippen LogP contribution is 2.62. The predicted molar refractivity (Wildman–Crippen MR) is 104 cm³/mol. The Labute approximate surface area is 161 Å². The maximum Gasteiger partial charge on any atom is 0.220 e. The molecule has 4 bridgehead atoms. The Kier molecular flexibility index (Phi) is 4.87. The van der Waals surface area contributed by atoms with Crippen LogP contribution in [0.25, 0.3) is 0 Å². The molecule has 146 valence electrons. The van der Waals surface area contributed by atoms with E-state index in [1.165, 1.54) is 6.42 Å². The van der Waals surface area contributed by atoms with Gasteiger partial charge in [0.25, 0.3) is 0 Å². The van der Waals surface area contributed by atoms with Gasteiger partial charge in [0.05, 0.1) is 5.60 Å². The van der Waals surface area contributed by atoms with Gasteiger partial charge in [-0.2, -0.15) is 0 Å². The molecule has 4 heteroatoms. The Bertz CT molecular complexity index is 700. The molecule has 2 N–H and O–H groups in total. The third-order valence-corrected chi connectivity index (χ3v) is 7.27. The van der Waals surface area contributed by atoms with E-state index in [1.54, 1.807) is 0 Å². The van der Waals surface area contributed by atoms with Gasteiger partial charge >= 0.3 is 0 Å². The Hall–Kier alpha value is -1.68. The first-order chi connectivity index (χ1) is 12.9. The van der Waals surface area contributed by atoms with E-state index in [-0.39, 0.29) is 23.1 Å². The van der Waals surface area contributed by atoms with Crippen molar-refractivity contribution >= 4 is 11.7 Å². The number of rotatable bonds is 7. The molecule has 27 heavy (non-hydrogen) atoms. The molecule has 4 fully saturated rings. The number of hydrogen-bond donors (Lipinski definition) is 2. The first-order valence-electron chi connectivity index (χ1n) is 10.5. The number of hydrogen-bond acceptors (Lipinski definition) is 3. The monoisotopic (exact) mass is 369 g/mol. The second kappa shape index (κ2) is 7.05. The molecular formula is C23H31NO3. The molecule has 0 saturated heterocycles. The third kappa shape index (κ3) is 3.82. The number of nitrogens with one attached hydrogen (secondary N) is 1. The van der Waals surface area contributed by atoms with Gasteiger partial charge in [0.1, 0.15) is 0 Å². The highest BCUT2D eigenvalue weighted by Gasteiger charge is 2.58. The largest absolute Gasteiger partial charge is 0.390 e. The standard InChI is InChI=1S/C23H31NO3/c1-16(22-11-17-10-18(12-22)14-23(27,13-17)15-22)24-21(26)9-5-8-20(25)19-6-3-2-4-7-19/h2-4,6-7,16-18,27H,5,8-15H2,1H3,(H,24,26). The fourth-order valence-electron chi connectivity index (χ4n) is 6.44. The molecule has 0 spiro atoms. The fourth-order valence-corrected chi connectivity index (χ4v) is 6.44. The summed E-state index contributed by atoms with van der Waals surface area (Å²) >= 11 is 0. The van der Waals surface area contributed by atoms with Crippen LogP contribution < -0.4 is 5.32 Å². The zero-order valence-electron chi connectivity index (χ0n) is 16.2. The molecule has 1 amide bonds. The van der Waals surface area contributed by atoms with E-state index in [0.29, 0.717) is 36.7 Å². The second-order valence-electron chi connectivity index (χ2n) is 9.48. The van der Waals surface area contributed by atoms with Gasteiger partial charge in [-0.1, -0.05) is 30.3 Å². The Balaban J connectivity index is 1.28. The van der Waals surface area contributed by atoms with Gasteiger partial charge in [0.15, 0.2) is 5.78 Å². The van der Waals surface area contributed by atoms with Crippen molar-refractivity contribution in [3.8, 4) is 0 Å². The molecule has 4 nitrogen and oxygen atoms in total. The molecule has 1 aromatic rings. The van der Waals surface area contributed by atoms with Crippen molar-refractivity contribution in [1.29, 1.82) is 0 Å². The van der Waals surface area contributed by atoms with Gasteiger partial charge in [0.2, 0.25) is 5.91 Å². The summed E-state index contributed by atoms with van der Waals surface area (Å²) < 4.78 is 0. The van der Waals surface area contributed by atoms with E-state index in [4.69, 9.17) is 0 Å². The SMILES string of the molecule is CC(NC(=O)CCCC(=O)c1ccccc1)C12CC3CC(CC(O)(C3)C1)C2. The van der Waals surface area contributed by atoms with Crippen LogP contribution in [0.15, 0.2) is 30.3 Å². The average Bonchev–Trinajstić information content (AvgIpc) is 2.60. The second-order valence-corrected chi connectivity index (χ2v) is 9.48. The smallest absolute Gasteiger partial charge is 0.220 e. The van der Waals surface area contributed by atoms with E-state index >= 15 is 0 Å². The molecule has 3 unspecified atom stereocenters. The van der Waals surface area contributed by atoms with Crippen LogP contribution in [0.4, 0.5) is 0 Å². The van der Waals surface area contributed by atoms with Crippen LogP contribution in [0, 0.1) is 17.3 Å². The van der Waals surface area contributed by atoms with E-state index in [0.717, 1.165) is 32.1 Å². The molecule has 0 aromatic heterocycles. The molecule has 0 heterocycles. The Morgan fingerprint density at radius 2 is 1.78 bits per heavy atom. The number of amides is 1. The molecule has 5 rings (SSSR count). The summed E-state index contributed by atoms with van der Waals surface area (Å²) in [6, 6.07) is 9.35. The van der Waals surface area contributed by atoms with Crippen molar-refractivity contribution in [2.24, 2.45) is 17.3 Å². The van der Waals surface area contributed by atoms with Crippen LogP contribution in [0.1, 0.15) is 75.1 Å². The van der Waals surface area contributed by atoms with Gasteiger partial charge in [-0.15, -0.1) is 0 Å². The minimum Gasteiger partial charge on any atom is -0.390 e. The average molecular weight is 370 g/mol. The lowest BCUT2D eigenvalue weighted by Gasteiger charge is -2.62. The number of Topliss-reactive ketones (excluding diaryl/α,β-unsaturated/α-hetero) is 1. The maximum absolute atomic E-state index is 12.5. The van der Waals surface area contributed by atoms with E-state index in [9.17, 15) is 14.7 Å². The summed E-state index contributed by atoms with van der Waals surface area (Å²) in [7, 11) is 0. The van der Waals surface area contributed by atoms with Gasteiger partial charge in [-0.25, -0.2) is 0 Å². The van der Waals surface area contributed by atoms with Crippen LogP contribution in [0.3, 0.4) is 0 Å². The molecule has 0 aliphatic heterocycles. The van der Waals surface area contributed by atoms with Gasteiger partial charge in [-0.3, -0.25) is 9.59 Å². The zero-order chi connectivity index (χ0) is 19.1. The molecule has 1 aromatic carbocycles. The van der Waals surface area contributed by atoms with Crippen molar-refractivity contribution in [3.63, 3.8) is 0 Å². The van der Waals surface area contributed by atoms with Crippen molar-refractivity contribution in [1.82, 2.24) is 5.32 Å². The highest BCUT2D eigenvalue weighted by molar-refractivity contribution is 5.96. The Morgan fingerprint density at radius 3 is 2.41 bits per heavy atom. The van der Waals surface area contributed by atoms with Crippen molar-refractivity contribution in [2.45, 2.75) is 76.4 Å². The molecule has 3 atom stereocenters. The number of ketones is 1. The van der Waals surface area contributed by atoms with Crippen LogP contribution in [-0.4, -0.2) is 28.4 Å². The molecule has 4 aliphatic rings. The topological polar surface area (TPSA) is 66.4 Å². The quantitative estimate of drug-likeness (QED) is 0.717. The van der Waals surface area contributed by atoms with Crippen molar-refractivity contribution in [3.05, 3.63) is 35.9 Å². The van der Waals surface area contributed by atoms with E-state index in [1.807, 2.05) is 30.3 Å². The minimum absolute atomic E-state index is 0.0334. The summed E-state index contributed by atoms with van der Waals surface area (Å²) in [6.07, 6.45) is 7.64.